The van der Waals surface area contributed by atoms with Crippen LogP contribution in [0, 0.1) is 6.92 Å². The maximum Gasteiger partial charge on any atom is 0.276 e. The Hall–Kier alpha value is -2.80. The minimum atomic E-state index is -0.0682. The summed E-state index contributed by atoms with van der Waals surface area (Å²) < 4.78 is 10.8. The van der Waals surface area contributed by atoms with Crippen molar-refractivity contribution in [1.29, 1.82) is 0 Å². The number of carbonyl (C=O) groups excluding carboxylic acids is 1. The van der Waals surface area contributed by atoms with E-state index in [4.69, 9.17) is 9.15 Å². The molecule has 0 saturated carbocycles. The number of carbonyl (C=O) groups is 1. The molecule has 7 heteroatoms. The molecule has 26 heavy (non-hydrogen) atoms. The number of ether oxygens (including phenoxy) is 1. The van der Waals surface area contributed by atoms with Gasteiger partial charge in [-0.1, -0.05) is 30.0 Å². The molecule has 0 saturated heterocycles. The molecule has 2 aromatic carbocycles. The first-order valence-electron chi connectivity index (χ1n) is 8.12. The van der Waals surface area contributed by atoms with E-state index in [1.165, 1.54) is 11.8 Å². The van der Waals surface area contributed by atoms with Crippen LogP contribution in [0.1, 0.15) is 12.0 Å². The van der Waals surface area contributed by atoms with Gasteiger partial charge < -0.3 is 14.5 Å². The predicted molar refractivity (Wildman–Crippen MR) is 101 cm³/mol. The van der Waals surface area contributed by atoms with Gasteiger partial charge in [-0.05, 0) is 42.8 Å². The first kappa shape index (κ1) is 18.0. The fraction of sp³-hybridized carbons (Fsp3) is 0.211. The van der Waals surface area contributed by atoms with E-state index in [0.717, 1.165) is 22.6 Å². The molecule has 6 nitrogen and oxygen atoms in total. The first-order valence-corrected chi connectivity index (χ1v) is 9.10. The van der Waals surface area contributed by atoms with Gasteiger partial charge >= 0.3 is 0 Å². The van der Waals surface area contributed by atoms with E-state index in [1.54, 1.807) is 31.4 Å². The van der Waals surface area contributed by atoms with Crippen LogP contribution in [-0.2, 0) is 4.79 Å². The van der Waals surface area contributed by atoms with E-state index in [0.29, 0.717) is 23.3 Å². The van der Waals surface area contributed by atoms with Gasteiger partial charge in [0.15, 0.2) is 0 Å². The maximum absolute atomic E-state index is 12.0. The Kier molecular flexibility index (Phi) is 5.91. The molecule has 0 atom stereocenters. The highest BCUT2D eigenvalue weighted by molar-refractivity contribution is 7.99. The number of anilines is 1. The lowest BCUT2D eigenvalue weighted by Gasteiger charge is -2.05. The predicted octanol–water partition coefficient (Wildman–Crippen LogP) is 4.17. The number of benzene rings is 2. The molecule has 134 valence electrons. The van der Waals surface area contributed by atoms with Gasteiger partial charge in [0, 0.05) is 23.4 Å². The monoisotopic (exact) mass is 369 g/mol. The summed E-state index contributed by atoms with van der Waals surface area (Å²) in [6.45, 7) is 2.00. The molecule has 0 unspecified atom stereocenters. The number of amides is 1. The minimum Gasteiger partial charge on any atom is -0.497 e. The van der Waals surface area contributed by atoms with Crippen molar-refractivity contribution in [3.05, 3.63) is 54.1 Å². The van der Waals surface area contributed by atoms with Crippen LogP contribution in [-0.4, -0.2) is 29.0 Å². The number of hydrogen-bond donors (Lipinski definition) is 1. The Bertz CT molecular complexity index is 878. The molecule has 1 amide bonds. The van der Waals surface area contributed by atoms with Crippen LogP contribution in [0.2, 0.25) is 0 Å². The van der Waals surface area contributed by atoms with Crippen molar-refractivity contribution in [2.24, 2.45) is 0 Å². The highest BCUT2D eigenvalue weighted by atomic mass is 32.2. The Balaban J connectivity index is 1.49. The van der Waals surface area contributed by atoms with Crippen molar-refractivity contribution in [2.75, 3.05) is 18.2 Å². The first-order chi connectivity index (χ1) is 12.7. The Labute approximate surface area is 156 Å². The summed E-state index contributed by atoms with van der Waals surface area (Å²) in [5.41, 5.74) is 2.73. The summed E-state index contributed by atoms with van der Waals surface area (Å²) in [4.78, 5) is 12.0. The fourth-order valence-corrected chi connectivity index (χ4v) is 3.02. The molecule has 1 heterocycles. The molecule has 0 aliphatic carbocycles. The number of rotatable bonds is 7. The van der Waals surface area contributed by atoms with Crippen molar-refractivity contribution >= 4 is 23.4 Å². The number of hydrogen-bond acceptors (Lipinski definition) is 6. The third-order valence-corrected chi connectivity index (χ3v) is 4.53. The van der Waals surface area contributed by atoms with E-state index in [9.17, 15) is 4.79 Å². The van der Waals surface area contributed by atoms with Gasteiger partial charge in [0.1, 0.15) is 5.75 Å². The number of nitrogens with zero attached hydrogens (tertiary/aromatic N) is 2. The zero-order chi connectivity index (χ0) is 18.4. The SMILES string of the molecule is COc1ccc(NC(=O)CCSc2nnc(-c3ccccc3C)o2)cc1. The van der Waals surface area contributed by atoms with E-state index >= 15 is 0 Å². The van der Waals surface area contributed by atoms with Gasteiger partial charge in [-0.2, -0.15) is 0 Å². The van der Waals surface area contributed by atoms with Crippen LogP contribution in [0.3, 0.4) is 0 Å². The second kappa shape index (κ2) is 8.53. The van der Waals surface area contributed by atoms with Crippen LogP contribution >= 0.6 is 11.8 Å². The Morgan fingerprint density at radius 1 is 1.15 bits per heavy atom. The van der Waals surface area contributed by atoms with Gasteiger partial charge in [-0.25, -0.2) is 0 Å². The largest absolute Gasteiger partial charge is 0.497 e. The topological polar surface area (TPSA) is 77.2 Å². The standard InChI is InChI=1S/C19H19N3O3S/c1-13-5-3-4-6-16(13)18-21-22-19(25-18)26-12-11-17(23)20-14-7-9-15(24-2)10-8-14/h3-10H,11-12H2,1-2H3,(H,20,23). The lowest BCUT2D eigenvalue weighted by atomic mass is 10.1. The van der Waals surface area contributed by atoms with Gasteiger partial charge in [-0.3, -0.25) is 4.79 Å². The van der Waals surface area contributed by atoms with E-state index in [1.807, 2.05) is 31.2 Å². The minimum absolute atomic E-state index is 0.0682. The average Bonchev–Trinajstić information content (AvgIpc) is 3.11. The molecule has 0 fully saturated rings. The van der Waals surface area contributed by atoms with Crippen LogP contribution in [0.5, 0.6) is 5.75 Å². The molecule has 0 bridgehead atoms. The van der Waals surface area contributed by atoms with E-state index < -0.39 is 0 Å². The summed E-state index contributed by atoms with van der Waals surface area (Å²) in [5, 5.41) is 11.4. The zero-order valence-electron chi connectivity index (χ0n) is 14.6. The zero-order valence-corrected chi connectivity index (χ0v) is 15.4. The maximum atomic E-state index is 12.0. The van der Waals surface area contributed by atoms with E-state index in [2.05, 4.69) is 15.5 Å². The molecule has 1 N–H and O–H groups in total. The van der Waals surface area contributed by atoms with Crippen molar-refractivity contribution in [2.45, 2.75) is 18.6 Å². The van der Waals surface area contributed by atoms with Crippen molar-refractivity contribution in [1.82, 2.24) is 10.2 Å². The van der Waals surface area contributed by atoms with Gasteiger partial charge in [0.25, 0.3) is 5.22 Å². The molecular weight excluding hydrogens is 350 g/mol. The second-order valence-electron chi connectivity index (χ2n) is 5.56. The molecule has 3 aromatic rings. The summed E-state index contributed by atoms with van der Waals surface area (Å²) >= 11 is 1.37. The third-order valence-electron chi connectivity index (χ3n) is 3.71. The average molecular weight is 369 g/mol. The van der Waals surface area contributed by atoms with Crippen LogP contribution in [0.15, 0.2) is 58.2 Å². The third kappa shape index (κ3) is 4.64. The van der Waals surface area contributed by atoms with Crippen LogP contribution < -0.4 is 10.1 Å². The normalized spacial score (nSPS) is 10.5. The molecule has 0 radical (unpaired) electrons. The van der Waals surface area contributed by atoms with Crippen LogP contribution in [0.4, 0.5) is 5.69 Å². The Morgan fingerprint density at radius 3 is 2.65 bits per heavy atom. The molecule has 3 rings (SSSR count). The van der Waals surface area contributed by atoms with Gasteiger partial charge in [0.2, 0.25) is 11.8 Å². The lowest BCUT2D eigenvalue weighted by Crippen LogP contribution is -2.12. The number of methoxy groups -OCH3 is 1. The van der Waals surface area contributed by atoms with Crippen molar-refractivity contribution in [3.8, 4) is 17.2 Å². The number of nitrogens with one attached hydrogen (secondary N) is 1. The van der Waals surface area contributed by atoms with E-state index in [-0.39, 0.29) is 5.91 Å². The quantitative estimate of drug-likeness (QED) is 0.630. The highest BCUT2D eigenvalue weighted by Gasteiger charge is 2.11. The molecule has 0 aliphatic rings. The second-order valence-corrected chi connectivity index (χ2v) is 6.61. The number of aryl methyl sites for hydroxylation is 1. The van der Waals surface area contributed by atoms with Gasteiger partial charge in [-0.15, -0.1) is 10.2 Å². The number of thioether (sulfide) groups is 1. The Morgan fingerprint density at radius 2 is 1.92 bits per heavy atom. The van der Waals surface area contributed by atoms with Crippen LogP contribution in [0.25, 0.3) is 11.5 Å². The summed E-state index contributed by atoms with van der Waals surface area (Å²) in [5.74, 6) is 1.73. The fourth-order valence-electron chi connectivity index (χ4n) is 2.32. The summed E-state index contributed by atoms with van der Waals surface area (Å²) in [7, 11) is 1.60. The lowest BCUT2D eigenvalue weighted by molar-refractivity contribution is -0.115. The summed E-state index contributed by atoms with van der Waals surface area (Å²) in [6, 6.07) is 15.0. The molecule has 0 aliphatic heterocycles. The van der Waals surface area contributed by atoms with Crippen molar-refractivity contribution < 1.29 is 13.9 Å². The van der Waals surface area contributed by atoms with Gasteiger partial charge in [0.05, 0.1) is 7.11 Å². The van der Waals surface area contributed by atoms with Crippen molar-refractivity contribution in [3.63, 3.8) is 0 Å². The number of aromatic nitrogens is 2. The highest BCUT2D eigenvalue weighted by Crippen LogP contribution is 2.25. The smallest absolute Gasteiger partial charge is 0.276 e. The molecule has 0 spiro atoms. The molecule has 1 aromatic heterocycles. The summed E-state index contributed by atoms with van der Waals surface area (Å²) in [6.07, 6.45) is 0.346. The molecular formula is C19H19N3O3S.